The van der Waals surface area contributed by atoms with Crippen LogP contribution in [0.25, 0.3) is 21.8 Å². The summed E-state index contributed by atoms with van der Waals surface area (Å²) in [5.74, 6) is -1.76. The van der Waals surface area contributed by atoms with E-state index in [1.54, 1.807) is 24.3 Å². The van der Waals surface area contributed by atoms with Crippen LogP contribution >= 0.6 is 46.4 Å². The van der Waals surface area contributed by atoms with Gasteiger partial charge in [0.1, 0.15) is 11.2 Å². The Kier molecular flexibility index (Phi) is 9.81. The largest absolute Gasteiger partial charge is 0.481 e. The van der Waals surface area contributed by atoms with E-state index in [1.165, 1.54) is 0 Å². The number of aliphatic carboxylic acids is 2. The molecule has 2 aromatic carbocycles. The quantitative estimate of drug-likeness (QED) is 0.147. The number of hydrogen-bond donors (Lipinski definition) is 4. The molecule has 2 aliphatic rings. The van der Waals surface area contributed by atoms with Gasteiger partial charge in [-0.05, 0) is 61.1 Å². The van der Waals surface area contributed by atoms with Gasteiger partial charge in [0.25, 0.3) is 0 Å². The molecule has 0 saturated heterocycles. The first-order valence-corrected chi connectivity index (χ1v) is 16.2. The molecule has 0 saturated carbocycles. The van der Waals surface area contributed by atoms with Crippen LogP contribution in [0.4, 0.5) is 0 Å². The van der Waals surface area contributed by atoms with E-state index in [4.69, 9.17) is 55.9 Å². The number of hydrogen-bond acceptors (Lipinski definition) is 4. The molecule has 0 spiro atoms. The van der Waals surface area contributed by atoms with E-state index < -0.39 is 23.1 Å². The normalized spacial score (nSPS) is 21.0. The van der Waals surface area contributed by atoms with Gasteiger partial charge in [-0.1, -0.05) is 73.1 Å². The Bertz CT molecular complexity index is 1610. The SMILES string of the molecule is CCC[C@@]1(CC(=O)O)OCCc2c1[nH]c1c(Cl)ccc(Cl)c21.CCC[C@]1(CC(=O)O)OCCc2c1[nH]c1c(Cl)ccc(Cl)c21. The summed E-state index contributed by atoms with van der Waals surface area (Å²) < 4.78 is 11.9. The molecule has 4 N–H and O–H groups in total. The van der Waals surface area contributed by atoms with Crippen LogP contribution in [0.15, 0.2) is 24.3 Å². The fraction of sp³-hybridized carbons (Fsp3) is 0.438. The van der Waals surface area contributed by atoms with Gasteiger partial charge in [-0.25, -0.2) is 0 Å². The van der Waals surface area contributed by atoms with Crippen LogP contribution in [0.2, 0.25) is 20.1 Å². The minimum Gasteiger partial charge on any atom is -0.481 e. The third kappa shape index (κ3) is 5.93. The zero-order chi connectivity index (χ0) is 31.8. The molecule has 2 aromatic heterocycles. The molecule has 44 heavy (non-hydrogen) atoms. The molecule has 8 nitrogen and oxygen atoms in total. The number of halogens is 4. The number of carbonyl (C=O) groups is 2. The highest BCUT2D eigenvalue weighted by atomic mass is 35.5. The number of aromatic amines is 2. The van der Waals surface area contributed by atoms with Crippen LogP contribution in [-0.2, 0) is 43.1 Å². The average Bonchev–Trinajstić information content (AvgIpc) is 3.56. The van der Waals surface area contributed by atoms with Crippen LogP contribution in [0, 0.1) is 0 Å². The molecule has 0 bridgehead atoms. The van der Waals surface area contributed by atoms with Gasteiger partial charge in [-0.2, -0.15) is 0 Å². The maximum absolute atomic E-state index is 11.4. The summed E-state index contributed by atoms with van der Waals surface area (Å²) in [5.41, 5.74) is 3.54. The molecule has 0 amide bonds. The van der Waals surface area contributed by atoms with Crippen LogP contribution in [0.3, 0.4) is 0 Å². The molecule has 6 rings (SSSR count). The molecule has 0 aliphatic carbocycles. The molecule has 12 heteroatoms. The lowest BCUT2D eigenvalue weighted by Crippen LogP contribution is -2.37. The Hall–Kier alpha value is -2.46. The van der Waals surface area contributed by atoms with E-state index >= 15 is 0 Å². The lowest BCUT2D eigenvalue weighted by molar-refractivity contribution is -0.150. The van der Waals surface area contributed by atoms with E-state index in [-0.39, 0.29) is 12.8 Å². The predicted molar refractivity (Wildman–Crippen MR) is 174 cm³/mol. The highest BCUT2D eigenvalue weighted by Crippen LogP contribution is 2.46. The lowest BCUT2D eigenvalue weighted by atomic mass is 9.85. The summed E-state index contributed by atoms with van der Waals surface area (Å²) in [5, 5.41) is 22.8. The number of rotatable bonds is 8. The van der Waals surface area contributed by atoms with Crippen molar-refractivity contribution >= 4 is 80.1 Å². The molecule has 2 atom stereocenters. The van der Waals surface area contributed by atoms with Crippen molar-refractivity contribution in [1.29, 1.82) is 0 Å². The zero-order valence-electron chi connectivity index (χ0n) is 24.4. The molecule has 236 valence electrons. The molecular formula is C32H34Cl4N2O6. The summed E-state index contributed by atoms with van der Waals surface area (Å²) in [6, 6.07) is 7.03. The van der Waals surface area contributed by atoms with E-state index in [1.807, 2.05) is 13.8 Å². The third-order valence-corrected chi connectivity index (χ3v) is 9.73. The number of aromatic nitrogens is 2. The van der Waals surface area contributed by atoms with Gasteiger partial charge >= 0.3 is 11.9 Å². The van der Waals surface area contributed by atoms with Gasteiger partial charge in [0.2, 0.25) is 0 Å². The van der Waals surface area contributed by atoms with Gasteiger partial charge in [0.15, 0.2) is 0 Å². The maximum Gasteiger partial charge on any atom is 0.306 e. The summed E-state index contributed by atoms with van der Waals surface area (Å²) >= 11 is 25.3. The summed E-state index contributed by atoms with van der Waals surface area (Å²) in [6.07, 6.45) is 4.16. The zero-order valence-corrected chi connectivity index (χ0v) is 27.4. The number of carboxylic acids is 2. The van der Waals surface area contributed by atoms with Crippen molar-refractivity contribution in [3.8, 4) is 0 Å². The van der Waals surface area contributed by atoms with Crippen molar-refractivity contribution in [3.05, 3.63) is 66.9 Å². The van der Waals surface area contributed by atoms with Crippen molar-refractivity contribution in [3.63, 3.8) is 0 Å². The lowest BCUT2D eigenvalue weighted by Gasteiger charge is -2.36. The number of fused-ring (bicyclic) bond motifs is 6. The average molecular weight is 684 g/mol. The first-order chi connectivity index (χ1) is 21.0. The van der Waals surface area contributed by atoms with Crippen molar-refractivity contribution < 1.29 is 29.3 Å². The minimum absolute atomic E-state index is 0.0735. The second-order valence-electron chi connectivity index (χ2n) is 11.3. The summed E-state index contributed by atoms with van der Waals surface area (Å²) in [4.78, 5) is 29.3. The molecule has 0 radical (unpaired) electrons. The van der Waals surface area contributed by atoms with Crippen LogP contribution in [0.1, 0.15) is 74.9 Å². The maximum atomic E-state index is 11.4. The first-order valence-electron chi connectivity index (χ1n) is 14.7. The van der Waals surface area contributed by atoms with Crippen molar-refractivity contribution in [2.24, 2.45) is 0 Å². The molecule has 2 aliphatic heterocycles. The van der Waals surface area contributed by atoms with Gasteiger partial charge in [-0.3, -0.25) is 9.59 Å². The number of H-pyrrole nitrogens is 2. The predicted octanol–water partition coefficient (Wildman–Crippen LogP) is 9.04. The van der Waals surface area contributed by atoms with Gasteiger partial charge < -0.3 is 29.7 Å². The van der Waals surface area contributed by atoms with Gasteiger partial charge in [0.05, 0.1) is 68.6 Å². The topological polar surface area (TPSA) is 125 Å². The van der Waals surface area contributed by atoms with Gasteiger partial charge in [0, 0.05) is 10.8 Å². The molecule has 4 aromatic rings. The highest BCUT2D eigenvalue weighted by molar-refractivity contribution is 6.41. The molecule has 4 heterocycles. The van der Waals surface area contributed by atoms with Gasteiger partial charge in [-0.15, -0.1) is 0 Å². The minimum atomic E-state index is -0.878. The fourth-order valence-corrected chi connectivity index (χ4v) is 7.81. The monoisotopic (exact) mass is 682 g/mol. The van der Waals surface area contributed by atoms with E-state index in [0.29, 0.717) is 59.0 Å². The summed E-state index contributed by atoms with van der Waals surface area (Å²) in [6.45, 7) is 5.00. The molecular weight excluding hydrogens is 650 g/mol. The van der Waals surface area contributed by atoms with Crippen molar-refractivity contribution in [2.45, 2.75) is 76.4 Å². The number of ether oxygens (including phenoxy) is 2. The smallest absolute Gasteiger partial charge is 0.306 e. The summed E-state index contributed by atoms with van der Waals surface area (Å²) in [7, 11) is 0. The Labute approximate surface area is 274 Å². The Morgan fingerprint density at radius 3 is 1.41 bits per heavy atom. The van der Waals surface area contributed by atoms with Crippen molar-refractivity contribution in [2.75, 3.05) is 13.2 Å². The molecule has 0 fully saturated rings. The Morgan fingerprint density at radius 2 is 1.07 bits per heavy atom. The van der Waals surface area contributed by atoms with Crippen LogP contribution < -0.4 is 0 Å². The Balaban J connectivity index is 0.000000175. The fourth-order valence-electron chi connectivity index (χ4n) is 6.85. The number of carboxylic acid groups (broad SMARTS) is 2. The van der Waals surface area contributed by atoms with E-state index in [9.17, 15) is 19.8 Å². The number of nitrogens with one attached hydrogen (secondary N) is 2. The highest BCUT2D eigenvalue weighted by Gasteiger charge is 2.43. The Morgan fingerprint density at radius 1 is 0.705 bits per heavy atom. The first kappa shape index (κ1) is 32.9. The molecule has 0 unspecified atom stereocenters. The second kappa shape index (κ2) is 13.1. The third-order valence-electron chi connectivity index (χ3n) is 8.47. The van der Waals surface area contributed by atoms with E-state index in [2.05, 4.69) is 9.97 Å². The number of benzene rings is 2. The van der Waals surface area contributed by atoms with E-state index in [0.717, 1.165) is 57.2 Å². The second-order valence-corrected chi connectivity index (χ2v) is 13.0. The van der Waals surface area contributed by atoms with Crippen molar-refractivity contribution in [1.82, 2.24) is 9.97 Å². The van der Waals surface area contributed by atoms with Crippen LogP contribution in [0.5, 0.6) is 0 Å². The van der Waals surface area contributed by atoms with Crippen LogP contribution in [-0.4, -0.2) is 45.3 Å². The standard InChI is InChI=1S/2C16H17Cl2NO3/c2*1-2-6-16(8-12(20)21)15-9(5-7-22-16)13-10(17)3-4-11(18)14(13)19-15/h2*3-4,19H,2,5-8H2,1H3,(H,20,21)/t2*16-/m10/s1.